The lowest BCUT2D eigenvalue weighted by Gasteiger charge is -2.11. The van der Waals surface area contributed by atoms with E-state index >= 15 is 0 Å². The molecular weight excluding hydrogens is 288 g/mol. The zero-order chi connectivity index (χ0) is 15.4. The summed E-state index contributed by atoms with van der Waals surface area (Å²) in [5.74, 6) is 1.16. The summed E-state index contributed by atoms with van der Waals surface area (Å²) in [6, 6.07) is 11.1. The molecule has 0 aromatic heterocycles. The van der Waals surface area contributed by atoms with Gasteiger partial charge in [0.2, 0.25) is 0 Å². The summed E-state index contributed by atoms with van der Waals surface area (Å²) >= 11 is 6.13. The number of amidine groups is 1. The highest BCUT2D eigenvalue weighted by Gasteiger charge is 2.08. The van der Waals surface area contributed by atoms with Crippen LogP contribution in [0.25, 0.3) is 0 Å². The maximum Gasteiger partial charge on any atom is 0.138 e. The lowest BCUT2D eigenvalue weighted by atomic mass is 10.1. The van der Waals surface area contributed by atoms with Crippen LogP contribution in [0, 0.1) is 12.3 Å². The van der Waals surface area contributed by atoms with E-state index in [0.717, 1.165) is 11.1 Å². The summed E-state index contributed by atoms with van der Waals surface area (Å²) in [7, 11) is 1.55. The fourth-order valence-corrected chi connectivity index (χ4v) is 2.23. The number of aryl methyl sites for hydroxylation is 1. The predicted octanol–water partition coefficient (Wildman–Crippen LogP) is 3.52. The Kier molecular flexibility index (Phi) is 4.70. The lowest BCUT2D eigenvalue weighted by Crippen LogP contribution is -2.13. The average Bonchev–Trinajstić information content (AvgIpc) is 2.46. The van der Waals surface area contributed by atoms with E-state index in [1.54, 1.807) is 19.2 Å². The minimum Gasteiger partial charge on any atom is -0.496 e. The minimum atomic E-state index is -0.0398. The monoisotopic (exact) mass is 304 g/mol. The molecule has 0 bridgehead atoms. The van der Waals surface area contributed by atoms with Crippen LogP contribution < -0.4 is 15.2 Å². The van der Waals surface area contributed by atoms with Gasteiger partial charge in [-0.3, -0.25) is 5.41 Å². The number of halogens is 1. The van der Waals surface area contributed by atoms with E-state index < -0.39 is 0 Å². The van der Waals surface area contributed by atoms with Gasteiger partial charge < -0.3 is 15.2 Å². The summed E-state index contributed by atoms with van der Waals surface area (Å²) in [6.45, 7) is 2.31. The van der Waals surface area contributed by atoms with Gasteiger partial charge in [0, 0.05) is 0 Å². The Hall–Kier alpha value is -2.20. The van der Waals surface area contributed by atoms with E-state index in [0.29, 0.717) is 28.7 Å². The fourth-order valence-electron chi connectivity index (χ4n) is 1.94. The molecule has 5 heteroatoms. The number of methoxy groups -OCH3 is 1. The zero-order valence-electron chi connectivity index (χ0n) is 11.9. The first-order valence-corrected chi connectivity index (χ1v) is 6.79. The molecule has 0 saturated carbocycles. The third kappa shape index (κ3) is 3.67. The van der Waals surface area contributed by atoms with Crippen molar-refractivity contribution in [2.45, 2.75) is 13.5 Å². The Morgan fingerprint density at radius 3 is 2.52 bits per heavy atom. The van der Waals surface area contributed by atoms with Gasteiger partial charge in [-0.25, -0.2) is 0 Å². The SMILES string of the molecule is COc1ccc(COc2ccc(C)cc2Cl)cc1C(=N)N. The van der Waals surface area contributed by atoms with Crippen molar-refractivity contribution in [2.75, 3.05) is 7.11 Å². The Morgan fingerprint density at radius 1 is 1.19 bits per heavy atom. The van der Waals surface area contributed by atoms with Crippen LogP contribution in [0.3, 0.4) is 0 Å². The van der Waals surface area contributed by atoms with Crippen molar-refractivity contribution in [2.24, 2.45) is 5.73 Å². The first kappa shape index (κ1) is 15.2. The second-order valence-electron chi connectivity index (χ2n) is 4.67. The standard InChI is InChI=1S/C16H17ClN2O2/c1-10-3-5-15(13(17)7-10)21-9-11-4-6-14(20-2)12(8-11)16(18)19/h3-8H,9H2,1-2H3,(H3,18,19). The van der Waals surface area contributed by atoms with Crippen molar-refractivity contribution in [3.63, 3.8) is 0 Å². The molecule has 0 spiro atoms. The quantitative estimate of drug-likeness (QED) is 0.656. The molecule has 0 aliphatic rings. The van der Waals surface area contributed by atoms with Crippen LogP contribution in [0.2, 0.25) is 5.02 Å². The van der Waals surface area contributed by atoms with Crippen molar-refractivity contribution in [1.82, 2.24) is 0 Å². The number of rotatable bonds is 5. The summed E-state index contributed by atoms with van der Waals surface area (Å²) in [5, 5.41) is 8.15. The molecule has 0 radical (unpaired) electrons. The Labute approximate surface area is 129 Å². The van der Waals surface area contributed by atoms with Crippen LogP contribution in [0.5, 0.6) is 11.5 Å². The lowest BCUT2D eigenvalue weighted by molar-refractivity contribution is 0.306. The zero-order valence-corrected chi connectivity index (χ0v) is 12.7. The first-order valence-electron chi connectivity index (χ1n) is 6.41. The van der Waals surface area contributed by atoms with Crippen LogP contribution >= 0.6 is 11.6 Å². The van der Waals surface area contributed by atoms with E-state index in [1.807, 2.05) is 31.2 Å². The van der Waals surface area contributed by atoms with Crippen molar-refractivity contribution >= 4 is 17.4 Å². The molecule has 0 amide bonds. The van der Waals surface area contributed by atoms with E-state index in [1.165, 1.54) is 0 Å². The van der Waals surface area contributed by atoms with Gasteiger partial charge in [0.15, 0.2) is 0 Å². The van der Waals surface area contributed by atoms with E-state index in [4.69, 9.17) is 32.2 Å². The van der Waals surface area contributed by atoms with Gasteiger partial charge in [0.05, 0.1) is 17.7 Å². The van der Waals surface area contributed by atoms with Crippen molar-refractivity contribution in [3.05, 3.63) is 58.1 Å². The van der Waals surface area contributed by atoms with Gasteiger partial charge in [-0.05, 0) is 42.3 Å². The molecule has 0 aliphatic heterocycles. The second-order valence-corrected chi connectivity index (χ2v) is 5.08. The average molecular weight is 305 g/mol. The minimum absolute atomic E-state index is 0.0398. The topological polar surface area (TPSA) is 68.3 Å². The molecule has 3 N–H and O–H groups in total. The maximum absolute atomic E-state index is 7.57. The summed E-state index contributed by atoms with van der Waals surface area (Å²) in [6.07, 6.45) is 0. The van der Waals surface area contributed by atoms with Gasteiger partial charge in [0.25, 0.3) is 0 Å². The van der Waals surface area contributed by atoms with Gasteiger partial charge in [-0.15, -0.1) is 0 Å². The van der Waals surface area contributed by atoms with Crippen LogP contribution in [-0.4, -0.2) is 12.9 Å². The molecule has 0 unspecified atom stereocenters. The largest absolute Gasteiger partial charge is 0.496 e. The molecule has 2 rings (SSSR count). The van der Waals surface area contributed by atoms with Crippen LogP contribution in [0.4, 0.5) is 0 Å². The predicted molar refractivity (Wildman–Crippen MR) is 84.5 cm³/mol. The number of nitrogens with two attached hydrogens (primary N) is 1. The molecule has 2 aromatic carbocycles. The number of nitrogens with one attached hydrogen (secondary N) is 1. The van der Waals surface area contributed by atoms with Crippen LogP contribution in [0.1, 0.15) is 16.7 Å². The highest BCUT2D eigenvalue weighted by atomic mass is 35.5. The first-order chi connectivity index (χ1) is 10.0. The molecule has 0 heterocycles. The third-order valence-electron chi connectivity index (χ3n) is 3.04. The van der Waals surface area contributed by atoms with Gasteiger partial charge >= 0.3 is 0 Å². The van der Waals surface area contributed by atoms with E-state index in [9.17, 15) is 0 Å². The van der Waals surface area contributed by atoms with Gasteiger partial charge in [0.1, 0.15) is 23.9 Å². The molecule has 0 saturated heterocycles. The second kappa shape index (κ2) is 6.50. The highest BCUT2D eigenvalue weighted by Crippen LogP contribution is 2.26. The molecule has 110 valence electrons. The van der Waals surface area contributed by atoms with Crippen LogP contribution in [0.15, 0.2) is 36.4 Å². The third-order valence-corrected chi connectivity index (χ3v) is 3.33. The molecule has 0 aliphatic carbocycles. The van der Waals surface area contributed by atoms with Crippen molar-refractivity contribution in [1.29, 1.82) is 5.41 Å². The molecule has 2 aromatic rings. The summed E-state index contributed by atoms with van der Waals surface area (Å²) in [4.78, 5) is 0. The molecular formula is C16H17ClN2O2. The number of hydrogen-bond donors (Lipinski definition) is 2. The molecule has 0 atom stereocenters. The summed E-state index contributed by atoms with van der Waals surface area (Å²) < 4.78 is 10.9. The number of benzene rings is 2. The van der Waals surface area contributed by atoms with Crippen molar-refractivity contribution < 1.29 is 9.47 Å². The van der Waals surface area contributed by atoms with Crippen molar-refractivity contribution in [3.8, 4) is 11.5 Å². The fraction of sp³-hybridized carbons (Fsp3) is 0.188. The summed E-state index contributed by atoms with van der Waals surface area (Å²) in [5.41, 5.74) is 8.06. The highest BCUT2D eigenvalue weighted by molar-refractivity contribution is 6.32. The molecule has 0 fully saturated rings. The normalized spacial score (nSPS) is 10.2. The molecule has 21 heavy (non-hydrogen) atoms. The van der Waals surface area contributed by atoms with E-state index in [2.05, 4.69) is 0 Å². The Bertz CT molecular complexity index is 671. The maximum atomic E-state index is 7.57. The number of ether oxygens (including phenoxy) is 2. The number of nitrogen functional groups attached to an aromatic ring is 1. The van der Waals surface area contributed by atoms with Gasteiger partial charge in [-0.2, -0.15) is 0 Å². The van der Waals surface area contributed by atoms with Gasteiger partial charge in [-0.1, -0.05) is 23.7 Å². The smallest absolute Gasteiger partial charge is 0.138 e. The van der Waals surface area contributed by atoms with Crippen LogP contribution in [-0.2, 0) is 6.61 Å². The van der Waals surface area contributed by atoms with E-state index in [-0.39, 0.29) is 5.84 Å². The molecule has 4 nitrogen and oxygen atoms in total. The Balaban J connectivity index is 2.16. The Morgan fingerprint density at radius 2 is 1.90 bits per heavy atom. The number of hydrogen-bond acceptors (Lipinski definition) is 3.